The van der Waals surface area contributed by atoms with Crippen molar-refractivity contribution >= 4 is 32.7 Å². The number of nitrogens with one attached hydrogen (secondary N) is 2. The lowest BCUT2D eigenvalue weighted by Gasteiger charge is -2.07. The highest BCUT2D eigenvalue weighted by Gasteiger charge is 2.24. The molecule has 1 aromatic carbocycles. The van der Waals surface area contributed by atoms with Crippen molar-refractivity contribution in [3.8, 4) is 0 Å². The van der Waals surface area contributed by atoms with Gasteiger partial charge in [0.05, 0.1) is 6.42 Å². The van der Waals surface area contributed by atoms with Crippen LogP contribution in [0.5, 0.6) is 0 Å². The fourth-order valence-electron chi connectivity index (χ4n) is 3.14. The maximum atomic E-state index is 12.5. The summed E-state index contributed by atoms with van der Waals surface area (Å²) >= 11 is 0. The fourth-order valence-corrected chi connectivity index (χ4v) is 4.50. The van der Waals surface area contributed by atoms with Gasteiger partial charge in [0.1, 0.15) is 10.6 Å². The van der Waals surface area contributed by atoms with Gasteiger partial charge in [-0.25, -0.2) is 13.1 Å². The number of ketones is 1. The molecule has 29 heavy (non-hydrogen) atoms. The first-order valence-corrected chi connectivity index (χ1v) is 10.4. The highest BCUT2D eigenvalue weighted by molar-refractivity contribution is 7.89. The zero-order valence-corrected chi connectivity index (χ0v) is 17.1. The van der Waals surface area contributed by atoms with E-state index in [0.29, 0.717) is 11.3 Å². The van der Waals surface area contributed by atoms with Crippen molar-refractivity contribution in [2.24, 2.45) is 0 Å². The van der Waals surface area contributed by atoms with Gasteiger partial charge in [-0.15, -0.1) is 0 Å². The third-order valence-corrected chi connectivity index (χ3v) is 6.10. The summed E-state index contributed by atoms with van der Waals surface area (Å²) in [7, 11) is -3.86. The van der Waals surface area contributed by atoms with Crippen molar-refractivity contribution in [1.29, 1.82) is 0 Å². The Kier molecular flexibility index (Phi) is 5.85. The van der Waals surface area contributed by atoms with Gasteiger partial charge in [-0.1, -0.05) is 23.4 Å². The number of rotatable bonds is 8. The molecule has 0 aliphatic rings. The number of carbonyl (C=O) groups excluding carboxylic acids is 2. The molecule has 0 aliphatic heterocycles. The van der Waals surface area contributed by atoms with Crippen molar-refractivity contribution in [1.82, 2.24) is 14.9 Å². The lowest BCUT2D eigenvalue weighted by molar-refractivity contribution is -0.142. The molecule has 2 heterocycles. The molecule has 0 aliphatic carbocycles. The van der Waals surface area contributed by atoms with Crippen LogP contribution >= 0.6 is 0 Å². The second-order valence-electron chi connectivity index (χ2n) is 6.56. The average Bonchev–Trinajstić information content (AvgIpc) is 3.17. The summed E-state index contributed by atoms with van der Waals surface area (Å²) in [6.45, 7) is 4.18. The Hall–Kier alpha value is -2.98. The zero-order chi connectivity index (χ0) is 21.2. The van der Waals surface area contributed by atoms with Crippen LogP contribution in [0.4, 0.5) is 0 Å². The lowest BCUT2D eigenvalue weighted by Crippen LogP contribution is -2.28. The first-order chi connectivity index (χ1) is 13.7. The molecule has 0 radical (unpaired) electrons. The third kappa shape index (κ3) is 4.38. The minimum atomic E-state index is -3.86. The number of fused-ring (bicyclic) bond motifs is 1. The molecule has 2 N–H and O–H groups in total. The second-order valence-corrected chi connectivity index (χ2v) is 8.26. The quantitative estimate of drug-likeness (QED) is 0.422. The number of aromatic amines is 1. The number of carbonyl (C=O) groups is 2. The maximum absolute atomic E-state index is 12.5. The summed E-state index contributed by atoms with van der Waals surface area (Å²) in [5, 5.41) is 4.36. The molecule has 0 bridgehead atoms. The van der Waals surface area contributed by atoms with Crippen LogP contribution in [0.1, 0.15) is 33.9 Å². The van der Waals surface area contributed by atoms with Gasteiger partial charge in [0.2, 0.25) is 15.8 Å². The van der Waals surface area contributed by atoms with E-state index in [-0.39, 0.29) is 35.1 Å². The molecule has 0 amide bonds. The van der Waals surface area contributed by atoms with Gasteiger partial charge in [0, 0.05) is 28.7 Å². The van der Waals surface area contributed by atoms with Gasteiger partial charge in [-0.2, -0.15) is 0 Å². The first kappa shape index (κ1) is 20.7. The summed E-state index contributed by atoms with van der Waals surface area (Å²) in [5.74, 6) is -0.848. The van der Waals surface area contributed by atoms with Crippen molar-refractivity contribution in [3.63, 3.8) is 0 Å². The summed E-state index contributed by atoms with van der Waals surface area (Å²) in [5.41, 5.74) is 2.23. The molecule has 0 atom stereocenters. The zero-order valence-electron chi connectivity index (χ0n) is 16.2. The highest BCUT2D eigenvalue weighted by atomic mass is 32.2. The molecular formula is C19H21N3O6S. The molecule has 0 saturated carbocycles. The minimum absolute atomic E-state index is 0.0455. The minimum Gasteiger partial charge on any atom is -0.457 e. The van der Waals surface area contributed by atoms with E-state index in [1.165, 1.54) is 13.8 Å². The standard InChI is InChI=1S/C19H21N3O6S/c1-11-18(14-6-4-5-7-15(14)21-11)16(23)10-27-17(24)8-9-20-29(25,26)19-12(2)22-28-13(19)3/h4-7,20-21H,8-10H2,1-3H3. The number of H-pyrrole nitrogens is 1. The van der Waals surface area contributed by atoms with Crippen LogP contribution < -0.4 is 4.72 Å². The normalized spacial score (nSPS) is 11.7. The molecule has 9 nitrogen and oxygen atoms in total. The molecule has 2 aromatic heterocycles. The van der Waals surface area contributed by atoms with Gasteiger partial charge in [-0.3, -0.25) is 9.59 Å². The summed E-state index contributed by atoms with van der Waals surface area (Å²) < 4.78 is 36.7. The predicted molar refractivity (Wildman–Crippen MR) is 104 cm³/mol. The van der Waals surface area contributed by atoms with E-state index in [2.05, 4.69) is 14.9 Å². The van der Waals surface area contributed by atoms with Crippen molar-refractivity contribution in [2.75, 3.05) is 13.2 Å². The Labute approximate surface area is 167 Å². The van der Waals surface area contributed by atoms with Crippen molar-refractivity contribution in [3.05, 3.63) is 47.0 Å². The number of para-hydroxylation sites is 1. The van der Waals surface area contributed by atoms with Crippen LogP contribution in [0.3, 0.4) is 0 Å². The molecule has 10 heteroatoms. The van der Waals surface area contributed by atoms with Gasteiger partial charge >= 0.3 is 5.97 Å². The van der Waals surface area contributed by atoms with E-state index < -0.39 is 22.6 Å². The second kappa shape index (κ2) is 8.18. The van der Waals surface area contributed by atoms with Crippen LogP contribution in [0.15, 0.2) is 33.7 Å². The number of aromatic nitrogens is 2. The van der Waals surface area contributed by atoms with Crippen LogP contribution in [0.2, 0.25) is 0 Å². The van der Waals surface area contributed by atoms with E-state index in [1.54, 1.807) is 6.92 Å². The monoisotopic (exact) mass is 419 g/mol. The van der Waals surface area contributed by atoms with E-state index in [9.17, 15) is 18.0 Å². The maximum Gasteiger partial charge on any atom is 0.307 e. The summed E-state index contributed by atoms with van der Waals surface area (Å²) in [6.07, 6.45) is -0.219. The molecule has 0 saturated heterocycles. The number of sulfonamides is 1. The SMILES string of the molecule is Cc1noc(C)c1S(=O)(=O)NCCC(=O)OCC(=O)c1c(C)[nH]c2ccccc12. The first-order valence-electron chi connectivity index (χ1n) is 8.89. The number of esters is 1. The molecule has 154 valence electrons. The number of hydrogen-bond acceptors (Lipinski definition) is 7. The van der Waals surface area contributed by atoms with Gasteiger partial charge in [0.25, 0.3) is 0 Å². The molecule has 0 fully saturated rings. The molecular weight excluding hydrogens is 398 g/mol. The van der Waals surface area contributed by atoms with E-state index in [0.717, 1.165) is 10.9 Å². The smallest absolute Gasteiger partial charge is 0.307 e. The molecule has 3 rings (SSSR count). The fraction of sp³-hybridized carbons (Fsp3) is 0.316. The number of benzene rings is 1. The summed E-state index contributed by atoms with van der Waals surface area (Å²) in [4.78, 5) is 27.5. The van der Waals surface area contributed by atoms with Gasteiger partial charge in [-0.05, 0) is 26.8 Å². The Morgan fingerprint density at radius 3 is 2.62 bits per heavy atom. The Balaban J connectivity index is 1.54. The number of nitrogens with zero attached hydrogens (tertiary/aromatic N) is 1. The van der Waals surface area contributed by atoms with Crippen LogP contribution in [0.25, 0.3) is 10.9 Å². The molecule has 0 spiro atoms. The van der Waals surface area contributed by atoms with Crippen LogP contribution in [0, 0.1) is 20.8 Å². The lowest BCUT2D eigenvalue weighted by atomic mass is 10.1. The predicted octanol–water partition coefficient (Wildman–Crippen LogP) is 2.18. The number of ether oxygens (including phenoxy) is 1. The average molecular weight is 419 g/mol. The number of hydrogen-bond donors (Lipinski definition) is 2. The number of aryl methyl sites for hydroxylation is 3. The van der Waals surface area contributed by atoms with E-state index >= 15 is 0 Å². The van der Waals surface area contributed by atoms with E-state index in [1.807, 2.05) is 24.3 Å². The van der Waals surface area contributed by atoms with Gasteiger partial charge < -0.3 is 14.2 Å². The number of Topliss-reactive ketones (excluding diaryl/α,β-unsaturated/α-hetero) is 1. The Morgan fingerprint density at radius 1 is 1.21 bits per heavy atom. The van der Waals surface area contributed by atoms with Gasteiger partial charge in [0.15, 0.2) is 12.4 Å². The third-order valence-electron chi connectivity index (χ3n) is 4.39. The Bertz CT molecular complexity index is 1160. The largest absolute Gasteiger partial charge is 0.457 e. The molecule has 0 unspecified atom stereocenters. The summed E-state index contributed by atoms with van der Waals surface area (Å²) in [6, 6.07) is 7.35. The van der Waals surface area contributed by atoms with Crippen LogP contribution in [-0.4, -0.2) is 43.5 Å². The van der Waals surface area contributed by atoms with E-state index in [4.69, 9.17) is 9.26 Å². The van der Waals surface area contributed by atoms with Crippen molar-refractivity contribution in [2.45, 2.75) is 32.1 Å². The van der Waals surface area contributed by atoms with Crippen LogP contribution in [-0.2, 0) is 19.6 Å². The highest BCUT2D eigenvalue weighted by Crippen LogP contribution is 2.22. The molecule has 3 aromatic rings. The topological polar surface area (TPSA) is 131 Å². The Morgan fingerprint density at radius 2 is 1.93 bits per heavy atom. The van der Waals surface area contributed by atoms with Crippen molar-refractivity contribution < 1.29 is 27.3 Å².